The number of hydrogen-bond acceptors (Lipinski definition) is 2. The van der Waals surface area contributed by atoms with E-state index in [0.29, 0.717) is 6.42 Å². The normalized spacial score (nSPS) is 31.9. The number of aliphatic carboxylic acids is 1. The zero-order valence-corrected chi connectivity index (χ0v) is 8.50. The number of hydroxylamine groups is 2. The standard InChI is InChI=1S/C9H16NO3/c1-8(2)5-6(7(11)12)9(3,4)10(8)13/h6H,5H2,1-4H3,(H,11,12)/t6-/m0/s1. The molecule has 0 amide bonds. The van der Waals surface area contributed by atoms with Crippen LogP contribution in [-0.2, 0) is 10.0 Å². The molecule has 0 saturated carbocycles. The Morgan fingerprint density at radius 2 is 1.85 bits per heavy atom. The molecule has 0 spiro atoms. The fourth-order valence-corrected chi connectivity index (χ4v) is 2.14. The SMILES string of the molecule is CC1(C)C[C@@H](C(=O)O)C(C)(C)N1[O]. The lowest BCUT2D eigenvalue weighted by Gasteiger charge is -2.32. The molecular weight excluding hydrogens is 170 g/mol. The van der Waals surface area contributed by atoms with E-state index < -0.39 is 23.0 Å². The summed E-state index contributed by atoms with van der Waals surface area (Å²) in [5.41, 5.74) is -1.36. The van der Waals surface area contributed by atoms with Crippen LogP contribution in [0.4, 0.5) is 0 Å². The molecule has 1 aliphatic heterocycles. The number of nitrogens with zero attached hydrogens (tertiary/aromatic N) is 1. The van der Waals surface area contributed by atoms with Crippen molar-refractivity contribution in [2.45, 2.75) is 45.2 Å². The molecule has 0 aliphatic carbocycles. The van der Waals surface area contributed by atoms with Gasteiger partial charge in [0.2, 0.25) is 0 Å². The second-order valence-electron chi connectivity index (χ2n) is 4.86. The quantitative estimate of drug-likeness (QED) is 0.671. The fourth-order valence-electron chi connectivity index (χ4n) is 2.14. The minimum Gasteiger partial charge on any atom is -0.481 e. The van der Waals surface area contributed by atoms with Gasteiger partial charge in [-0.05, 0) is 34.1 Å². The van der Waals surface area contributed by atoms with Crippen molar-refractivity contribution in [3.63, 3.8) is 0 Å². The Kier molecular flexibility index (Phi) is 2.16. The molecule has 13 heavy (non-hydrogen) atoms. The third-order valence-corrected chi connectivity index (χ3v) is 2.93. The third-order valence-electron chi connectivity index (χ3n) is 2.93. The molecule has 0 bridgehead atoms. The smallest absolute Gasteiger partial charge is 0.308 e. The molecule has 1 heterocycles. The van der Waals surface area contributed by atoms with Gasteiger partial charge in [-0.2, -0.15) is 0 Å². The summed E-state index contributed by atoms with van der Waals surface area (Å²) in [6.07, 6.45) is 0.416. The zero-order valence-electron chi connectivity index (χ0n) is 8.50. The van der Waals surface area contributed by atoms with Gasteiger partial charge in [-0.3, -0.25) is 4.79 Å². The fraction of sp³-hybridized carbons (Fsp3) is 0.889. The Balaban J connectivity index is 3.00. The minimum absolute atomic E-state index is 0.416. The molecule has 4 heteroatoms. The zero-order chi connectivity index (χ0) is 10.4. The molecule has 1 saturated heterocycles. The van der Waals surface area contributed by atoms with Crippen LogP contribution in [0.2, 0.25) is 0 Å². The number of carboxylic acid groups (broad SMARTS) is 1. The molecule has 4 nitrogen and oxygen atoms in total. The minimum atomic E-state index is -0.878. The highest BCUT2D eigenvalue weighted by molar-refractivity contribution is 5.72. The van der Waals surface area contributed by atoms with Crippen molar-refractivity contribution in [3.8, 4) is 0 Å². The van der Waals surface area contributed by atoms with Crippen molar-refractivity contribution in [2.24, 2.45) is 5.92 Å². The van der Waals surface area contributed by atoms with Crippen molar-refractivity contribution in [3.05, 3.63) is 0 Å². The largest absolute Gasteiger partial charge is 0.481 e. The van der Waals surface area contributed by atoms with E-state index in [1.165, 1.54) is 0 Å². The van der Waals surface area contributed by atoms with Crippen molar-refractivity contribution < 1.29 is 15.1 Å². The van der Waals surface area contributed by atoms with E-state index in [0.717, 1.165) is 5.06 Å². The molecule has 1 N–H and O–H groups in total. The Morgan fingerprint density at radius 3 is 2.00 bits per heavy atom. The second-order valence-corrected chi connectivity index (χ2v) is 4.86. The van der Waals surface area contributed by atoms with Crippen LogP contribution in [0.3, 0.4) is 0 Å². The first-order valence-corrected chi connectivity index (χ1v) is 4.40. The van der Waals surface area contributed by atoms with Crippen LogP contribution in [0, 0.1) is 5.92 Å². The third kappa shape index (κ3) is 1.44. The summed E-state index contributed by atoms with van der Waals surface area (Å²) in [7, 11) is 0. The van der Waals surface area contributed by atoms with Gasteiger partial charge >= 0.3 is 5.97 Å². The number of carboxylic acids is 1. The maximum Gasteiger partial charge on any atom is 0.308 e. The molecule has 1 aliphatic rings. The molecule has 1 fully saturated rings. The summed E-state index contributed by atoms with van der Waals surface area (Å²) in [6, 6.07) is 0. The van der Waals surface area contributed by atoms with Gasteiger partial charge in [0.1, 0.15) is 0 Å². The van der Waals surface area contributed by atoms with Crippen LogP contribution in [-0.4, -0.2) is 27.2 Å². The highest BCUT2D eigenvalue weighted by Gasteiger charge is 2.55. The molecular formula is C9H16NO3. The van der Waals surface area contributed by atoms with Gasteiger partial charge in [-0.1, -0.05) is 0 Å². The molecule has 1 atom stereocenters. The lowest BCUT2D eigenvalue weighted by molar-refractivity contribution is -0.248. The Labute approximate surface area is 78.1 Å². The average Bonchev–Trinajstić information content (AvgIpc) is 2.11. The first kappa shape index (κ1) is 10.5. The van der Waals surface area contributed by atoms with E-state index in [9.17, 15) is 10.0 Å². The van der Waals surface area contributed by atoms with Crippen LogP contribution < -0.4 is 0 Å². The lowest BCUT2D eigenvalue weighted by Crippen LogP contribution is -2.47. The second kappa shape index (κ2) is 2.69. The highest BCUT2D eigenvalue weighted by atomic mass is 16.5. The van der Waals surface area contributed by atoms with E-state index in [-0.39, 0.29) is 0 Å². The molecule has 75 valence electrons. The number of rotatable bonds is 1. The summed E-state index contributed by atoms with van der Waals surface area (Å²) < 4.78 is 0. The van der Waals surface area contributed by atoms with E-state index in [1.54, 1.807) is 27.7 Å². The predicted molar refractivity (Wildman–Crippen MR) is 46.4 cm³/mol. The van der Waals surface area contributed by atoms with Crippen LogP contribution in [0.5, 0.6) is 0 Å². The number of carbonyl (C=O) groups is 1. The Morgan fingerprint density at radius 1 is 1.38 bits per heavy atom. The molecule has 0 aromatic carbocycles. The predicted octanol–water partition coefficient (Wildman–Crippen LogP) is 1.30. The summed E-state index contributed by atoms with van der Waals surface area (Å²) in [4.78, 5) is 10.9. The van der Waals surface area contributed by atoms with Gasteiger partial charge < -0.3 is 5.11 Å². The summed E-state index contributed by atoms with van der Waals surface area (Å²) in [5.74, 6) is -1.45. The van der Waals surface area contributed by atoms with Gasteiger partial charge in [-0.25, -0.2) is 0 Å². The van der Waals surface area contributed by atoms with Gasteiger partial charge in [0.25, 0.3) is 0 Å². The number of hydrogen-bond donors (Lipinski definition) is 1. The maximum absolute atomic E-state index is 11.7. The first-order chi connectivity index (χ1) is 5.69. The summed E-state index contributed by atoms with van der Waals surface area (Å²) in [5, 5.41) is 21.6. The molecule has 0 aromatic heterocycles. The topological polar surface area (TPSA) is 60.4 Å². The maximum atomic E-state index is 11.7. The molecule has 0 unspecified atom stereocenters. The monoisotopic (exact) mass is 186 g/mol. The van der Waals surface area contributed by atoms with Crippen LogP contribution >= 0.6 is 0 Å². The average molecular weight is 186 g/mol. The first-order valence-electron chi connectivity index (χ1n) is 4.40. The van der Waals surface area contributed by atoms with Crippen LogP contribution in [0.15, 0.2) is 0 Å². The van der Waals surface area contributed by atoms with Crippen LogP contribution in [0.1, 0.15) is 34.1 Å². The van der Waals surface area contributed by atoms with E-state index in [1.807, 2.05) is 0 Å². The van der Waals surface area contributed by atoms with Gasteiger partial charge in [0.15, 0.2) is 0 Å². The lowest BCUT2D eigenvalue weighted by atomic mass is 9.87. The van der Waals surface area contributed by atoms with Gasteiger partial charge in [0, 0.05) is 5.54 Å². The van der Waals surface area contributed by atoms with Crippen molar-refractivity contribution in [1.82, 2.24) is 5.06 Å². The Bertz CT molecular complexity index is 235. The van der Waals surface area contributed by atoms with Crippen molar-refractivity contribution in [2.75, 3.05) is 0 Å². The summed E-state index contributed by atoms with van der Waals surface area (Å²) >= 11 is 0. The molecule has 1 radical (unpaired) electrons. The van der Waals surface area contributed by atoms with Gasteiger partial charge in [-0.15, -0.1) is 10.3 Å². The Hall–Kier alpha value is -0.610. The molecule has 0 aromatic rings. The van der Waals surface area contributed by atoms with E-state index >= 15 is 0 Å². The van der Waals surface area contributed by atoms with Crippen molar-refractivity contribution in [1.29, 1.82) is 0 Å². The van der Waals surface area contributed by atoms with E-state index in [4.69, 9.17) is 5.11 Å². The molecule has 1 rings (SSSR count). The van der Waals surface area contributed by atoms with Crippen molar-refractivity contribution >= 4 is 5.97 Å². The van der Waals surface area contributed by atoms with Gasteiger partial charge in [0.05, 0.1) is 11.5 Å². The summed E-state index contributed by atoms with van der Waals surface area (Å²) in [6.45, 7) is 6.94. The van der Waals surface area contributed by atoms with Crippen LogP contribution in [0.25, 0.3) is 0 Å². The highest BCUT2D eigenvalue weighted by Crippen LogP contribution is 2.43. The van der Waals surface area contributed by atoms with E-state index in [2.05, 4.69) is 0 Å².